The second-order valence-electron chi connectivity index (χ2n) is 7.20. The Morgan fingerprint density at radius 1 is 1.03 bits per heavy atom. The van der Waals surface area contributed by atoms with Crippen LogP contribution in [0.15, 0.2) is 94.7 Å². The van der Waals surface area contributed by atoms with Crippen LogP contribution in [-0.4, -0.2) is 11.8 Å². The normalized spacial score (nSPS) is 15.5. The van der Waals surface area contributed by atoms with E-state index >= 15 is 0 Å². The fourth-order valence-corrected chi connectivity index (χ4v) is 4.45. The van der Waals surface area contributed by atoms with E-state index in [-0.39, 0.29) is 30.2 Å². The van der Waals surface area contributed by atoms with Gasteiger partial charge in [-0.05, 0) is 30.7 Å². The zero-order valence-electron chi connectivity index (χ0n) is 16.9. The van der Waals surface area contributed by atoms with Gasteiger partial charge in [0.1, 0.15) is 5.82 Å². The SMILES string of the molecule is C[C@H](NC(=O)/C=C1\Sc2ccccc2N(Cc2ccccc2F)C1=O)c1ccccc1. The van der Waals surface area contributed by atoms with Crippen molar-refractivity contribution in [1.29, 1.82) is 0 Å². The van der Waals surface area contributed by atoms with Gasteiger partial charge in [-0.25, -0.2) is 4.39 Å². The van der Waals surface area contributed by atoms with Crippen LogP contribution in [0.5, 0.6) is 0 Å². The molecule has 4 nitrogen and oxygen atoms in total. The number of para-hydroxylation sites is 1. The summed E-state index contributed by atoms with van der Waals surface area (Å²) < 4.78 is 14.2. The molecule has 0 saturated carbocycles. The van der Waals surface area contributed by atoms with Crippen LogP contribution < -0.4 is 10.2 Å². The second-order valence-corrected chi connectivity index (χ2v) is 8.29. The molecular formula is C25H21FN2O2S. The molecule has 0 aromatic heterocycles. The summed E-state index contributed by atoms with van der Waals surface area (Å²) in [6, 6.07) is 23.2. The van der Waals surface area contributed by atoms with Crippen molar-refractivity contribution in [3.63, 3.8) is 0 Å². The lowest BCUT2D eigenvalue weighted by molar-refractivity contribution is -0.118. The molecule has 0 spiro atoms. The standard InChI is InChI=1S/C25H21FN2O2S/c1-17(18-9-3-2-4-10-18)27-24(29)15-23-25(30)28(16-19-11-5-6-12-20(19)26)21-13-7-8-14-22(21)31-23/h2-15,17H,16H2,1H3,(H,27,29)/b23-15-/t17-/m0/s1. The largest absolute Gasteiger partial charge is 0.346 e. The van der Waals surface area contributed by atoms with E-state index in [9.17, 15) is 14.0 Å². The number of anilines is 1. The predicted octanol–water partition coefficient (Wildman–Crippen LogP) is 5.23. The van der Waals surface area contributed by atoms with E-state index in [2.05, 4.69) is 5.32 Å². The highest BCUT2D eigenvalue weighted by atomic mass is 32.2. The lowest BCUT2D eigenvalue weighted by Crippen LogP contribution is -2.35. The Labute approximate surface area is 184 Å². The maximum Gasteiger partial charge on any atom is 0.265 e. The van der Waals surface area contributed by atoms with Gasteiger partial charge in [0.15, 0.2) is 0 Å². The molecule has 1 aliphatic heterocycles. The number of nitrogens with one attached hydrogen (secondary N) is 1. The third-order valence-electron chi connectivity index (χ3n) is 5.04. The molecule has 6 heteroatoms. The van der Waals surface area contributed by atoms with Crippen molar-refractivity contribution in [3.05, 3.63) is 107 Å². The molecule has 1 aliphatic rings. The molecule has 1 heterocycles. The van der Waals surface area contributed by atoms with Crippen molar-refractivity contribution < 1.29 is 14.0 Å². The van der Waals surface area contributed by atoms with E-state index < -0.39 is 0 Å². The van der Waals surface area contributed by atoms with Crippen LogP contribution in [0.2, 0.25) is 0 Å². The zero-order valence-corrected chi connectivity index (χ0v) is 17.7. The zero-order chi connectivity index (χ0) is 21.8. The number of fused-ring (bicyclic) bond motifs is 1. The van der Waals surface area contributed by atoms with Crippen molar-refractivity contribution in [3.8, 4) is 0 Å². The minimum Gasteiger partial charge on any atom is -0.346 e. The minimum atomic E-state index is -0.369. The predicted molar refractivity (Wildman–Crippen MR) is 121 cm³/mol. The summed E-state index contributed by atoms with van der Waals surface area (Å²) in [5.74, 6) is -1.04. The van der Waals surface area contributed by atoms with Crippen LogP contribution in [0.3, 0.4) is 0 Å². The van der Waals surface area contributed by atoms with E-state index in [0.29, 0.717) is 16.2 Å². The van der Waals surface area contributed by atoms with Crippen molar-refractivity contribution >= 4 is 29.3 Å². The number of rotatable bonds is 5. The Balaban J connectivity index is 1.59. The molecule has 3 aromatic rings. The number of amides is 2. The molecule has 1 atom stereocenters. The third-order valence-corrected chi connectivity index (χ3v) is 6.12. The Morgan fingerprint density at radius 3 is 2.48 bits per heavy atom. The van der Waals surface area contributed by atoms with Gasteiger partial charge in [-0.3, -0.25) is 9.59 Å². The average molecular weight is 433 g/mol. The van der Waals surface area contributed by atoms with Crippen molar-refractivity contribution in [2.45, 2.75) is 24.4 Å². The molecule has 31 heavy (non-hydrogen) atoms. The van der Waals surface area contributed by atoms with E-state index in [1.807, 2.05) is 61.5 Å². The van der Waals surface area contributed by atoms with Gasteiger partial charge < -0.3 is 10.2 Å². The molecule has 0 fully saturated rings. The van der Waals surface area contributed by atoms with Gasteiger partial charge in [-0.1, -0.05) is 72.4 Å². The minimum absolute atomic E-state index is 0.0858. The molecule has 0 saturated heterocycles. The lowest BCUT2D eigenvalue weighted by Gasteiger charge is -2.30. The van der Waals surface area contributed by atoms with Gasteiger partial charge in [-0.15, -0.1) is 0 Å². The first-order valence-electron chi connectivity index (χ1n) is 9.92. The van der Waals surface area contributed by atoms with Crippen LogP contribution in [0.25, 0.3) is 0 Å². The molecule has 1 N–H and O–H groups in total. The Morgan fingerprint density at radius 2 is 1.71 bits per heavy atom. The average Bonchev–Trinajstić information content (AvgIpc) is 2.78. The summed E-state index contributed by atoms with van der Waals surface area (Å²) in [6.07, 6.45) is 1.33. The second kappa shape index (κ2) is 9.18. The van der Waals surface area contributed by atoms with E-state index in [1.54, 1.807) is 18.2 Å². The summed E-state index contributed by atoms with van der Waals surface area (Å²) in [7, 11) is 0. The molecule has 2 amide bonds. The summed E-state index contributed by atoms with van der Waals surface area (Å²) in [6.45, 7) is 1.98. The Bertz CT molecular complexity index is 1150. The van der Waals surface area contributed by atoms with Crippen LogP contribution >= 0.6 is 11.8 Å². The monoisotopic (exact) mass is 432 g/mol. The maximum absolute atomic E-state index is 14.2. The van der Waals surface area contributed by atoms with E-state index in [4.69, 9.17) is 0 Å². The summed E-state index contributed by atoms with van der Waals surface area (Å²) in [4.78, 5) is 28.5. The number of carbonyl (C=O) groups excluding carboxylic acids is 2. The van der Waals surface area contributed by atoms with Gasteiger partial charge >= 0.3 is 0 Å². The highest BCUT2D eigenvalue weighted by molar-refractivity contribution is 8.04. The van der Waals surface area contributed by atoms with E-state index in [0.717, 1.165) is 10.5 Å². The highest BCUT2D eigenvalue weighted by Crippen LogP contribution is 2.42. The van der Waals surface area contributed by atoms with Crippen LogP contribution in [0, 0.1) is 5.82 Å². The third kappa shape index (κ3) is 4.70. The van der Waals surface area contributed by atoms with Gasteiger partial charge in [0.2, 0.25) is 5.91 Å². The number of hydrogen-bond acceptors (Lipinski definition) is 3. The summed E-state index contributed by atoms with van der Waals surface area (Å²) >= 11 is 1.25. The molecule has 0 bridgehead atoms. The molecular weight excluding hydrogens is 411 g/mol. The van der Waals surface area contributed by atoms with Crippen LogP contribution in [0.1, 0.15) is 24.1 Å². The summed E-state index contributed by atoms with van der Waals surface area (Å²) in [5, 5.41) is 2.90. The smallest absolute Gasteiger partial charge is 0.265 e. The van der Waals surface area contributed by atoms with Crippen LogP contribution in [0.4, 0.5) is 10.1 Å². The number of nitrogens with zero attached hydrogens (tertiary/aromatic N) is 1. The van der Waals surface area contributed by atoms with Gasteiger partial charge in [0.05, 0.1) is 23.2 Å². The maximum atomic E-state index is 14.2. The first kappa shape index (κ1) is 20.9. The molecule has 3 aromatic carbocycles. The van der Waals surface area contributed by atoms with Crippen molar-refractivity contribution in [2.75, 3.05) is 4.90 Å². The highest BCUT2D eigenvalue weighted by Gasteiger charge is 2.30. The fraction of sp³-hybridized carbons (Fsp3) is 0.120. The molecule has 156 valence electrons. The van der Waals surface area contributed by atoms with Crippen molar-refractivity contribution in [2.24, 2.45) is 0 Å². The molecule has 0 unspecified atom stereocenters. The van der Waals surface area contributed by atoms with Crippen LogP contribution in [-0.2, 0) is 16.1 Å². The number of carbonyl (C=O) groups is 2. The number of halogens is 1. The van der Waals surface area contributed by atoms with Crippen molar-refractivity contribution in [1.82, 2.24) is 5.32 Å². The number of thioether (sulfide) groups is 1. The molecule has 0 radical (unpaired) electrons. The fourth-order valence-electron chi connectivity index (χ4n) is 3.42. The van der Waals surface area contributed by atoms with Gasteiger partial charge in [0, 0.05) is 16.5 Å². The first-order chi connectivity index (χ1) is 15.0. The molecule has 0 aliphatic carbocycles. The Hall–Kier alpha value is -3.38. The van der Waals surface area contributed by atoms with Gasteiger partial charge in [0.25, 0.3) is 5.91 Å². The Kier molecular flexibility index (Phi) is 6.18. The quantitative estimate of drug-likeness (QED) is 0.562. The summed E-state index contributed by atoms with van der Waals surface area (Å²) in [5.41, 5.74) is 2.10. The number of hydrogen-bond donors (Lipinski definition) is 1. The first-order valence-corrected chi connectivity index (χ1v) is 10.7. The van der Waals surface area contributed by atoms with Gasteiger partial charge in [-0.2, -0.15) is 0 Å². The topological polar surface area (TPSA) is 49.4 Å². The lowest BCUT2D eigenvalue weighted by atomic mass is 10.1. The molecule has 4 rings (SSSR count). The van der Waals surface area contributed by atoms with E-state index in [1.165, 1.54) is 28.8 Å². The number of benzene rings is 3.